The maximum atomic E-state index is 11.8. The Morgan fingerprint density at radius 2 is 2.05 bits per heavy atom. The minimum atomic E-state index is -1.03. The number of carbonyl (C=O) groups is 2. The van der Waals surface area contributed by atoms with E-state index >= 15 is 0 Å². The van der Waals surface area contributed by atoms with Gasteiger partial charge in [-0.15, -0.1) is 0 Å². The largest absolute Gasteiger partial charge is 0.479 e. The molecule has 19 heavy (non-hydrogen) atoms. The van der Waals surface area contributed by atoms with Crippen molar-refractivity contribution in [3.8, 4) is 0 Å². The van der Waals surface area contributed by atoms with Gasteiger partial charge in [-0.3, -0.25) is 4.79 Å². The molecule has 1 amide bonds. The first-order chi connectivity index (χ1) is 8.97. The van der Waals surface area contributed by atoms with Crippen LogP contribution in [0.2, 0.25) is 0 Å². The third kappa shape index (κ3) is 3.11. The van der Waals surface area contributed by atoms with Crippen molar-refractivity contribution < 1.29 is 23.8 Å². The van der Waals surface area contributed by atoms with E-state index in [2.05, 4.69) is 10.3 Å². The number of ether oxygens (including phenoxy) is 1. The number of amides is 1. The summed E-state index contributed by atoms with van der Waals surface area (Å²) < 4.78 is 10.5. The topological polar surface area (TPSA) is 102 Å². The van der Waals surface area contributed by atoms with E-state index in [1.807, 2.05) is 6.92 Å². The molecule has 2 atom stereocenters. The molecule has 0 aromatic carbocycles. The zero-order chi connectivity index (χ0) is 14.0. The fraction of sp³-hybridized carbons (Fsp3) is 0.583. The van der Waals surface area contributed by atoms with Crippen molar-refractivity contribution in [3.63, 3.8) is 0 Å². The van der Waals surface area contributed by atoms with Gasteiger partial charge < -0.3 is 19.6 Å². The first-order valence-corrected chi connectivity index (χ1v) is 6.06. The third-order valence-electron chi connectivity index (χ3n) is 3.07. The van der Waals surface area contributed by atoms with E-state index in [9.17, 15) is 9.59 Å². The molecule has 1 fully saturated rings. The van der Waals surface area contributed by atoms with E-state index in [-0.39, 0.29) is 12.5 Å². The molecule has 2 heterocycles. The number of oxazole rings is 1. The Morgan fingerprint density at radius 1 is 1.37 bits per heavy atom. The summed E-state index contributed by atoms with van der Waals surface area (Å²) in [6, 6.07) is 0. The van der Waals surface area contributed by atoms with Crippen LogP contribution >= 0.6 is 0 Å². The molecular formula is C12H16N2O5. The number of aryl methyl sites for hydroxylation is 2. The normalized spacial score (nSPS) is 22.4. The Bertz CT molecular complexity index is 477. The highest BCUT2D eigenvalue weighted by molar-refractivity contribution is 5.82. The molecule has 1 saturated heterocycles. The minimum absolute atomic E-state index is 0.172. The Hall–Kier alpha value is -1.89. The number of carboxylic acid groups (broad SMARTS) is 1. The molecule has 0 bridgehead atoms. The molecule has 1 aromatic heterocycles. The highest BCUT2D eigenvalue weighted by Gasteiger charge is 2.34. The fourth-order valence-electron chi connectivity index (χ4n) is 1.90. The standard InChI is InChI=1S/C12H16N2O5/c1-6-7(2)18-10(14-6)5-13-11(15)8-3-4-9(19-8)12(16)17/h8-9H,3-5H2,1-2H3,(H,13,15)(H,16,17)/t8-,9+/m0/s1. The average molecular weight is 268 g/mol. The molecule has 1 aliphatic rings. The molecule has 0 aliphatic carbocycles. The first-order valence-electron chi connectivity index (χ1n) is 6.06. The monoisotopic (exact) mass is 268 g/mol. The predicted molar refractivity (Wildman–Crippen MR) is 63.4 cm³/mol. The van der Waals surface area contributed by atoms with Gasteiger partial charge in [-0.05, 0) is 26.7 Å². The van der Waals surface area contributed by atoms with Crippen molar-refractivity contribution >= 4 is 11.9 Å². The number of carboxylic acids is 1. The van der Waals surface area contributed by atoms with Crippen molar-refractivity contribution in [2.75, 3.05) is 0 Å². The highest BCUT2D eigenvalue weighted by atomic mass is 16.5. The number of hydrogen-bond acceptors (Lipinski definition) is 5. The van der Waals surface area contributed by atoms with Crippen molar-refractivity contribution in [1.29, 1.82) is 0 Å². The van der Waals surface area contributed by atoms with E-state index in [0.717, 1.165) is 5.69 Å². The molecule has 7 nitrogen and oxygen atoms in total. The smallest absolute Gasteiger partial charge is 0.332 e. The summed E-state index contributed by atoms with van der Waals surface area (Å²) in [5.74, 6) is -0.227. The van der Waals surface area contributed by atoms with Gasteiger partial charge in [0.25, 0.3) is 0 Å². The fourth-order valence-corrected chi connectivity index (χ4v) is 1.90. The van der Waals surface area contributed by atoms with Crippen molar-refractivity contribution in [2.45, 2.75) is 45.4 Å². The molecule has 1 aromatic rings. The van der Waals surface area contributed by atoms with E-state index in [4.69, 9.17) is 14.3 Å². The molecule has 7 heteroatoms. The van der Waals surface area contributed by atoms with E-state index in [1.165, 1.54) is 0 Å². The number of rotatable bonds is 4. The van der Waals surface area contributed by atoms with Gasteiger partial charge >= 0.3 is 5.97 Å². The molecule has 0 unspecified atom stereocenters. The maximum absolute atomic E-state index is 11.8. The van der Waals surface area contributed by atoms with Crippen LogP contribution in [0.3, 0.4) is 0 Å². The number of carbonyl (C=O) groups excluding carboxylic acids is 1. The summed E-state index contributed by atoms with van der Waals surface area (Å²) in [5.41, 5.74) is 0.785. The quantitative estimate of drug-likeness (QED) is 0.826. The molecule has 104 valence electrons. The van der Waals surface area contributed by atoms with Crippen molar-refractivity contribution in [1.82, 2.24) is 10.3 Å². The predicted octanol–water partition coefficient (Wildman–Crippen LogP) is 0.540. The number of nitrogens with one attached hydrogen (secondary N) is 1. The molecule has 2 N–H and O–H groups in total. The van der Waals surface area contributed by atoms with E-state index in [0.29, 0.717) is 24.5 Å². The van der Waals surface area contributed by atoms with Crippen LogP contribution in [0.1, 0.15) is 30.2 Å². The van der Waals surface area contributed by atoms with Crippen molar-refractivity contribution in [3.05, 3.63) is 17.3 Å². The number of hydrogen-bond donors (Lipinski definition) is 2. The van der Waals surface area contributed by atoms with Crippen LogP contribution < -0.4 is 5.32 Å². The van der Waals surface area contributed by atoms with Crippen LogP contribution in [0.25, 0.3) is 0 Å². The van der Waals surface area contributed by atoms with Gasteiger partial charge in [0, 0.05) is 0 Å². The minimum Gasteiger partial charge on any atom is -0.479 e. The van der Waals surface area contributed by atoms with Crippen LogP contribution in [0.4, 0.5) is 0 Å². The molecule has 1 aliphatic heterocycles. The lowest BCUT2D eigenvalue weighted by Gasteiger charge is -2.10. The summed E-state index contributed by atoms with van der Waals surface area (Å²) in [6.45, 7) is 3.79. The summed E-state index contributed by atoms with van der Waals surface area (Å²) >= 11 is 0. The number of aliphatic carboxylic acids is 1. The Balaban J connectivity index is 1.83. The maximum Gasteiger partial charge on any atom is 0.332 e. The SMILES string of the molecule is Cc1nc(CNC(=O)[C@@H]2CC[C@H](C(=O)O)O2)oc1C. The molecular weight excluding hydrogens is 252 g/mol. The van der Waals surface area contributed by atoms with Gasteiger partial charge in [-0.2, -0.15) is 0 Å². The first kappa shape index (κ1) is 13.5. The lowest BCUT2D eigenvalue weighted by Crippen LogP contribution is -2.35. The average Bonchev–Trinajstić information content (AvgIpc) is 2.95. The lowest BCUT2D eigenvalue weighted by molar-refractivity contribution is -0.151. The molecule has 2 rings (SSSR count). The van der Waals surface area contributed by atoms with Gasteiger partial charge in [-0.25, -0.2) is 9.78 Å². The Labute approximate surface area is 110 Å². The summed E-state index contributed by atoms with van der Waals surface area (Å²) in [7, 11) is 0. The van der Waals surface area contributed by atoms with Crippen LogP contribution in [-0.4, -0.2) is 34.2 Å². The third-order valence-corrected chi connectivity index (χ3v) is 3.07. The number of aromatic nitrogens is 1. The van der Waals surface area contributed by atoms with E-state index < -0.39 is 18.2 Å². The van der Waals surface area contributed by atoms with Gasteiger partial charge in [0.2, 0.25) is 11.8 Å². The molecule has 0 spiro atoms. The van der Waals surface area contributed by atoms with Crippen LogP contribution in [0.5, 0.6) is 0 Å². The zero-order valence-corrected chi connectivity index (χ0v) is 10.8. The van der Waals surface area contributed by atoms with E-state index in [1.54, 1.807) is 6.92 Å². The second-order valence-electron chi connectivity index (χ2n) is 4.50. The second kappa shape index (κ2) is 5.40. The van der Waals surface area contributed by atoms with Crippen LogP contribution in [0.15, 0.2) is 4.42 Å². The van der Waals surface area contributed by atoms with Gasteiger partial charge in [0.15, 0.2) is 6.10 Å². The van der Waals surface area contributed by atoms with Gasteiger partial charge in [-0.1, -0.05) is 0 Å². The summed E-state index contributed by atoms with van der Waals surface area (Å²) in [5, 5.41) is 11.4. The highest BCUT2D eigenvalue weighted by Crippen LogP contribution is 2.20. The Kier molecular flexibility index (Phi) is 3.84. The molecule has 0 radical (unpaired) electrons. The number of nitrogens with zero attached hydrogens (tertiary/aromatic N) is 1. The van der Waals surface area contributed by atoms with Gasteiger partial charge in [0.05, 0.1) is 12.2 Å². The van der Waals surface area contributed by atoms with Crippen molar-refractivity contribution in [2.24, 2.45) is 0 Å². The van der Waals surface area contributed by atoms with Crippen LogP contribution in [0, 0.1) is 13.8 Å². The van der Waals surface area contributed by atoms with Gasteiger partial charge in [0.1, 0.15) is 11.9 Å². The Morgan fingerprint density at radius 3 is 2.58 bits per heavy atom. The lowest BCUT2D eigenvalue weighted by atomic mass is 10.2. The molecule has 0 saturated carbocycles. The zero-order valence-electron chi connectivity index (χ0n) is 10.8. The summed E-state index contributed by atoms with van der Waals surface area (Å²) in [4.78, 5) is 26.6. The second-order valence-corrected chi connectivity index (χ2v) is 4.50. The van der Waals surface area contributed by atoms with Crippen LogP contribution in [-0.2, 0) is 20.9 Å². The summed E-state index contributed by atoms with van der Waals surface area (Å²) in [6.07, 6.45) is -0.836.